The number of hydrogen-bond donors (Lipinski definition) is 3. The Hall–Kier alpha value is -4.21. The highest BCUT2D eigenvalue weighted by molar-refractivity contribution is 6.36. The quantitative estimate of drug-likeness (QED) is 0.269. The summed E-state index contributed by atoms with van der Waals surface area (Å²) in [6, 6.07) is 2.99. The van der Waals surface area contributed by atoms with Gasteiger partial charge in [0.1, 0.15) is 5.69 Å². The van der Waals surface area contributed by atoms with E-state index in [4.69, 9.17) is 22.1 Å². The van der Waals surface area contributed by atoms with Crippen LogP contribution in [0.1, 0.15) is 16.1 Å². The molecular formula is C24H23ClF3N9O3. The van der Waals surface area contributed by atoms with Gasteiger partial charge in [0, 0.05) is 51.7 Å². The molecule has 1 fully saturated rings. The lowest BCUT2D eigenvalue weighted by molar-refractivity contribution is -0.140. The number of hydrogen-bond acceptors (Lipinski definition) is 9. The number of alkyl halides is 3. The van der Waals surface area contributed by atoms with Crippen LogP contribution in [0.25, 0.3) is 16.9 Å². The fraction of sp³-hybridized carbons (Fsp3) is 0.292. The smallest absolute Gasteiger partial charge is 0.425 e. The number of H-pyrrole nitrogens is 1. The molecule has 1 aliphatic heterocycles. The van der Waals surface area contributed by atoms with Gasteiger partial charge < -0.3 is 20.7 Å². The average molecular weight is 578 g/mol. The lowest BCUT2D eigenvalue weighted by Gasteiger charge is -2.34. The molecule has 16 heteroatoms. The number of nitrogens with one attached hydrogen (secondary N) is 2. The van der Waals surface area contributed by atoms with Gasteiger partial charge in [-0.15, -0.1) is 0 Å². The summed E-state index contributed by atoms with van der Waals surface area (Å²) in [7, 11) is 0. The predicted octanol–water partition coefficient (Wildman–Crippen LogP) is 2.79. The van der Waals surface area contributed by atoms with Gasteiger partial charge in [-0.3, -0.25) is 24.0 Å². The maximum atomic E-state index is 13.4. The zero-order valence-corrected chi connectivity index (χ0v) is 21.5. The van der Waals surface area contributed by atoms with E-state index in [1.165, 1.54) is 35.1 Å². The van der Waals surface area contributed by atoms with Crippen LogP contribution in [0.5, 0.6) is 5.75 Å². The lowest BCUT2D eigenvalue weighted by atomic mass is 10.1. The SMILES string of the molecule is NCCN1CCN(C(=O)c2ccc(Nc3nccn4c(-c5cn[nH]c5C(F)(F)F)cnc34)c(OC=O)c2Cl)CC1. The number of benzene rings is 1. The highest BCUT2D eigenvalue weighted by Gasteiger charge is 2.36. The van der Waals surface area contributed by atoms with Crippen molar-refractivity contribution in [2.75, 3.05) is 44.6 Å². The number of rotatable bonds is 8. The summed E-state index contributed by atoms with van der Waals surface area (Å²) in [5.41, 5.74) is 5.02. The number of anilines is 2. The molecule has 0 aliphatic carbocycles. The standard InChI is InChI=1S/C24H23ClF3N9O3/c25-18-14(23(39)36-9-7-35(5-3-29)8-10-36)1-2-16(19(18)40-13-38)33-21-22-31-12-17(37(22)6-4-30-21)15-11-32-34-20(15)24(26,27)28/h1-2,4,6,11-13H,3,5,7-10,29H2,(H,30,33)(H,32,34). The molecule has 4 N–H and O–H groups in total. The van der Waals surface area contributed by atoms with E-state index in [0.29, 0.717) is 32.7 Å². The lowest BCUT2D eigenvalue weighted by Crippen LogP contribution is -2.49. The van der Waals surface area contributed by atoms with Gasteiger partial charge >= 0.3 is 6.18 Å². The molecule has 1 aliphatic rings. The fourth-order valence-electron chi connectivity index (χ4n) is 4.54. The summed E-state index contributed by atoms with van der Waals surface area (Å²) in [6.45, 7) is 3.75. The van der Waals surface area contributed by atoms with Crippen molar-refractivity contribution in [3.63, 3.8) is 0 Å². The number of carbonyl (C=O) groups is 2. The van der Waals surface area contributed by atoms with E-state index in [1.807, 2.05) is 5.10 Å². The summed E-state index contributed by atoms with van der Waals surface area (Å²) >= 11 is 6.54. The molecule has 1 amide bonds. The van der Waals surface area contributed by atoms with Crippen LogP contribution in [-0.4, -0.2) is 86.0 Å². The molecule has 0 atom stereocenters. The molecule has 0 bridgehead atoms. The first-order valence-corrected chi connectivity index (χ1v) is 12.4. The maximum absolute atomic E-state index is 13.4. The summed E-state index contributed by atoms with van der Waals surface area (Å²) in [6.07, 6.45) is 0.467. The minimum Gasteiger partial charge on any atom is -0.425 e. The maximum Gasteiger partial charge on any atom is 0.433 e. The van der Waals surface area contributed by atoms with E-state index in [1.54, 1.807) is 4.90 Å². The van der Waals surface area contributed by atoms with Crippen molar-refractivity contribution in [3.05, 3.63) is 53.2 Å². The Labute approximate surface area is 229 Å². The first-order chi connectivity index (χ1) is 19.2. The molecule has 1 aromatic carbocycles. The third kappa shape index (κ3) is 5.17. The van der Waals surface area contributed by atoms with E-state index in [9.17, 15) is 22.8 Å². The van der Waals surface area contributed by atoms with Crippen molar-refractivity contribution in [3.8, 4) is 17.0 Å². The van der Waals surface area contributed by atoms with Gasteiger partial charge in [0.05, 0.1) is 39.9 Å². The number of imidazole rings is 1. The van der Waals surface area contributed by atoms with Crippen molar-refractivity contribution < 1.29 is 27.5 Å². The Bertz CT molecular complexity index is 1550. The third-order valence-corrected chi connectivity index (χ3v) is 6.85. The second-order valence-electron chi connectivity index (χ2n) is 8.83. The second kappa shape index (κ2) is 11.1. The van der Waals surface area contributed by atoms with Gasteiger partial charge in [-0.05, 0) is 12.1 Å². The first kappa shape index (κ1) is 27.4. The zero-order valence-electron chi connectivity index (χ0n) is 20.8. The van der Waals surface area contributed by atoms with Gasteiger partial charge in [0.15, 0.2) is 17.2 Å². The molecule has 0 radical (unpaired) electrons. The van der Waals surface area contributed by atoms with Crippen molar-refractivity contribution in [2.45, 2.75) is 6.18 Å². The Kier molecular flexibility index (Phi) is 7.60. The molecule has 210 valence electrons. The van der Waals surface area contributed by atoms with Gasteiger partial charge in [-0.1, -0.05) is 11.6 Å². The summed E-state index contributed by atoms with van der Waals surface area (Å²) in [4.78, 5) is 36.8. The summed E-state index contributed by atoms with van der Waals surface area (Å²) < 4.78 is 46.9. The molecular weight excluding hydrogens is 555 g/mol. The first-order valence-electron chi connectivity index (χ1n) is 12.1. The Morgan fingerprint density at radius 2 is 1.98 bits per heavy atom. The predicted molar refractivity (Wildman–Crippen MR) is 138 cm³/mol. The minimum absolute atomic E-state index is 0.0873. The number of aromatic amines is 1. The van der Waals surface area contributed by atoms with Crippen LogP contribution in [0.2, 0.25) is 5.02 Å². The monoisotopic (exact) mass is 577 g/mol. The molecule has 4 aromatic rings. The Morgan fingerprint density at radius 1 is 1.20 bits per heavy atom. The minimum atomic E-state index is -4.65. The zero-order chi connectivity index (χ0) is 28.4. The molecule has 0 unspecified atom stereocenters. The molecule has 4 heterocycles. The number of amides is 1. The van der Waals surface area contributed by atoms with Crippen LogP contribution < -0.4 is 15.8 Å². The number of halogens is 4. The molecule has 0 spiro atoms. The van der Waals surface area contributed by atoms with Crippen LogP contribution in [-0.2, 0) is 11.0 Å². The van der Waals surface area contributed by atoms with Crippen molar-refractivity contribution in [1.29, 1.82) is 0 Å². The number of piperazine rings is 1. The third-order valence-electron chi connectivity index (χ3n) is 6.48. The number of nitrogens with two attached hydrogens (primary N) is 1. The molecule has 3 aromatic heterocycles. The molecule has 0 saturated carbocycles. The van der Waals surface area contributed by atoms with Crippen molar-refractivity contribution in [2.24, 2.45) is 5.73 Å². The van der Waals surface area contributed by atoms with Crippen LogP contribution in [0.4, 0.5) is 24.7 Å². The van der Waals surface area contributed by atoms with Crippen LogP contribution in [0.15, 0.2) is 36.9 Å². The van der Waals surface area contributed by atoms with Crippen LogP contribution in [0, 0.1) is 0 Å². The van der Waals surface area contributed by atoms with Crippen LogP contribution >= 0.6 is 11.6 Å². The van der Waals surface area contributed by atoms with E-state index < -0.39 is 11.9 Å². The van der Waals surface area contributed by atoms with Crippen molar-refractivity contribution >= 4 is 41.1 Å². The van der Waals surface area contributed by atoms with E-state index in [2.05, 4.69) is 25.3 Å². The van der Waals surface area contributed by atoms with E-state index >= 15 is 0 Å². The molecule has 1 saturated heterocycles. The highest BCUT2D eigenvalue weighted by Crippen LogP contribution is 2.39. The van der Waals surface area contributed by atoms with E-state index in [-0.39, 0.29) is 57.1 Å². The van der Waals surface area contributed by atoms with Gasteiger partial charge in [0.25, 0.3) is 12.4 Å². The Morgan fingerprint density at radius 3 is 2.67 bits per heavy atom. The number of aromatic nitrogens is 5. The number of carbonyl (C=O) groups excluding carboxylic acids is 2. The highest BCUT2D eigenvalue weighted by atomic mass is 35.5. The van der Waals surface area contributed by atoms with Gasteiger partial charge in [-0.25, -0.2) is 9.97 Å². The number of nitrogens with zero attached hydrogens (tertiary/aromatic N) is 6. The fourth-order valence-corrected chi connectivity index (χ4v) is 4.83. The van der Waals surface area contributed by atoms with Gasteiger partial charge in [0.2, 0.25) is 0 Å². The normalized spacial score (nSPS) is 14.5. The molecule has 5 rings (SSSR count). The Balaban J connectivity index is 1.45. The number of ether oxygens (including phenoxy) is 1. The topological polar surface area (TPSA) is 147 Å². The second-order valence-corrected chi connectivity index (χ2v) is 9.21. The van der Waals surface area contributed by atoms with Gasteiger partial charge in [-0.2, -0.15) is 18.3 Å². The molecule has 12 nitrogen and oxygen atoms in total. The van der Waals surface area contributed by atoms with Crippen LogP contribution in [0.3, 0.4) is 0 Å². The van der Waals surface area contributed by atoms with E-state index in [0.717, 1.165) is 12.7 Å². The largest absolute Gasteiger partial charge is 0.433 e. The summed E-state index contributed by atoms with van der Waals surface area (Å²) in [5, 5.41) is 8.38. The summed E-state index contributed by atoms with van der Waals surface area (Å²) in [5.74, 6) is -0.305. The average Bonchev–Trinajstić information content (AvgIpc) is 3.59. The van der Waals surface area contributed by atoms with Crippen molar-refractivity contribution in [1.82, 2.24) is 34.4 Å². The number of fused-ring (bicyclic) bond motifs is 1. The molecule has 40 heavy (non-hydrogen) atoms.